The SMILES string of the molecule is CC(=O)Nc1ccc(C(O)C(=NN=C(N)N)c2nc3ccc([N+](=O)[O-])cc3[nH]c2=O)cc1. The molecule has 0 aliphatic carbocycles. The lowest BCUT2D eigenvalue weighted by atomic mass is 10.0. The van der Waals surface area contributed by atoms with E-state index in [1.165, 1.54) is 31.2 Å². The Morgan fingerprint density at radius 3 is 2.50 bits per heavy atom. The molecule has 3 rings (SSSR count). The van der Waals surface area contributed by atoms with E-state index in [0.717, 1.165) is 6.07 Å². The van der Waals surface area contributed by atoms with Gasteiger partial charge in [0.1, 0.15) is 11.8 Å². The first-order valence-electron chi connectivity index (χ1n) is 9.06. The number of aliphatic hydroxyl groups is 1. The number of H-pyrrole nitrogens is 1. The second kappa shape index (κ2) is 9.01. The van der Waals surface area contributed by atoms with E-state index in [1.54, 1.807) is 12.1 Å². The normalized spacial score (nSPS) is 12.2. The van der Waals surface area contributed by atoms with Crippen molar-refractivity contribution in [2.24, 2.45) is 21.7 Å². The first kappa shape index (κ1) is 22.0. The van der Waals surface area contributed by atoms with Gasteiger partial charge in [0.15, 0.2) is 5.69 Å². The number of carbonyl (C=O) groups is 1. The molecule has 0 saturated heterocycles. The Hall–Kier alpha value is -4.65. The molecule has 0 radical (unpaired) electrons. The largest absolute Gasteiger partial charge is 0.382 e. The second-order valence-electron chi connectivity index (χ2n) is 6.59. The van der Waals surface area contributed by atoms with Gasteiger partial charge in [0.2, 0.25) is 11.9 Å². The van der Waals surface area contributed by atoms with Gasteiger partial charge in [-0.15, -0.1) is 10.2 Å². The number of benzene rings is 2. The van der Waals surface area contributed by atoms with E-state index < -0.39 is 22.5 Å². The van der Waals surface area contributed by atoms with Crippen LogP contribution in [0.1, 0.15) is 24.3 Å². The molecule has 7 N–H and O–H groups in total. The molecule has 1 atom stereocenters. The second-order valence-corrected chi connectivity index (χ2v) is 6.59. The van der Waals surface area contributed by atoms with Crippen LogP contribution in [0.15, 0.2) is 57.5 Å². The monoisotopic (exact) mass is 438 g/mol. The molecule has 1 aromatic heterocycles. The third-order valence-electron chi connectivity index (χ3n) is 4.21. The van der Waals surface area contributed by atoms with E-state index in [0.29, 0.717) is 11.3 Å². The van der Waals surface area contributed by atoms with Gasteiger partial charge in [0.05, 0.1) is 16.0 Å². The number of aromatic amines is 1. The zero-order valence-electron chi connectivity index (χ0n) is 16.6. The Kier molecular flexibility index (Phi) is 6.21. The molecule has 32 heavy (non-hydrogen) atoms. The molecule has 1 unspecified atom stereocenters. The molecule has 0 aliphatic heterocycles. The van der Waals surface area contributed by atoms with Crippen LogP contribution in [-0.2, 0) is 4.79 Å². The van der Waals surface area contributed by atoms with Crippen LogP contribution in [0.5, 0.6) is 0 Å². The number of aromatic nitrogens is 2. The zero-order chi connectivity index (χ0) is 23.4. The molecule has 0 saturated carbocycles. The van der Waals surface area contributed by atoms with E-state index >= 15 is 0 Å². The van der Waals surface area contributed by atoms with Crippen LogP contribution in [0.25, 0.3) is 11.0 Å². The minimum Gasteiger partial charge on any atom is -0.382 e. The van der Waals surface area contributed by atoms with Crippen molar-refractivity contribution in [2.75, 3.05) is 5.32 Å². The standard InChI is InChI=1S/C19H18N8O5/c1-9(28)22-11-4-2-10(3-5-11)17(29)15(25-26-19(20)21)16-18(30)24-14-8-12(27(31)32)6-7-13(14)23-16/h2-8,17,29H,1H3,(H,22,28)(H,24,30)(H4,20,21,26). The number of nitrogens with one attached hydrogen (secondary N) is 2. The van der Waals surface area contributed by atoms with E-state index in [4.69, 9.17) is 11.5 Å². The molecule has 0 aliphatic rings. The van der Waals surface area contributed by atoms with Gasteiger partial charge in [0.25, 0.3) is 11.2 Å². The van der Waals surface area contributed by atoms with Crippen molar-refractivity contribution in [1.82, 2.24) is 9.97 Å². The molecule has 0 fully saturated rings. The quantitative estimate of drug-likeness (QED) is 0.158. The van der Waals surface area contributed by atoms with Gasteiger partial charge in [-0.05, 0) is 23.8 Å². The lowest BCUT2D eigenvalue weighted by Crippen LogP contribution is -2.27. The van der Waals surface area contributed by atoms with Crippen molar-refractivity contribution < 1.29 is 14.8 Å². The van der Waals surface area contributed by atoms with Crippen LogP contribution in [0, 0.1) is 10.1 Å². The number of nitro groups is 1. The summed E-state index contributed by atoms with van der Waals surface area (Å²) >= 11 is 0. The Bertz CT molecular complexity index is 1310. The highest BCUT2D eigenvalue weighted by molar-refractivity contribution is 6.03. The Morgan fingerprint density at radius 1 is 1.22 bits per heavy atom. The van der Waals surface area contributed by atoms with Crippen molar-refractivity contribution >= 4 is 40.0 Å². The molecule has 13 nitrogen and oxygen atoms in total. The molecular formula is C19H18N8O5. The molecule has 0 bridgehead atoms. The number of non-ortho nitro benzene ring substituents is 1. The summed E-state index contributed by atoms with van der Waals surface area (Å²) in [4.78, 5) is 40.9. The lowest BCUT2D eigenvalue weighted by molar-refractivity contribution is -0.384. The summed E-state index contributed by atoms with van der Waals surface area (Å²) < 4.78 is 0. The smallest absolute Gasteiger partial charge is 0.276 e. The van der Waals surface area contributed by atoms with Crippen LogP contribution in [0.4, 0.5) is 11.4 Å². The van der Waals surface area contributed by atoms with Crippen LogP contribution in [-0.4, -0.2) is 37.6 Å². The van der Waals surface area contributed by atoms with Crippen molar-refractivity contribution in [2.45, 2.75) is 13.0 Å². The summed E-state index contributed by atoms with van der Waals surface area (Å²) in [5.74, 6) is -0.677. The fourth-order valence-corrected chi connectivity index (χ4v) is 2.81. The first-order valence-corrected chi connectivity index (χ1v) is 9.06. The van der Waals surface area contributed by atoms with Crippen LogP contribution in [0.3, 0.4) is 0 Å². The highest BCUT2D eigenvalue weighted by atomic mass is 16.6. The van der Waals surface area contributed by atoms with Crippen molar-refractivity contribution in [3.63, 3.8) is 0 Å². The van der Waals surface area contributed by atoms with Crippen LogP contribution < -0.4 is 22.3 Å². The van der Waals surface area contributed by atoms with Gasteiger partial charge in [-0.1, -0.05) is 12.1 Å². The maximum Gasteiger partial charge on any atom is 0.276 e. The fourth-order valence-electron chi connectivity index (χ4n) is 2.81. The highest BCUT2D eigenvalue weighted by Crippen LogP contribution is 2.22. The number of hydrogen-bond donors (Lipinski definition) is 5. The van der Waals surface area contributed by atoms with E-state index in [2.05, 4.69) is 25.5 Å². The number of guanidine groups is 1. The maximum absolute atomic E-state index is 12.7. The number of amides is 1. The number of nitrogens with zero attached hydrogens (tertiary/aromatic N) is 4. The van der Waals surface area contributed by atoms with E-state index in [9.17, 15) is 24.8 Å². The number of fused-ring (bicyclic) bond motifs is 1. The number of carbonyl (C=O) groups excluding carboxylic acids is 1. The number of anilines is 1. The third-order valence-corrected chi connectivity index (χ3v) is 4.21. The third kappa shape index (κ3) is 4.91. The van der Waals surface area contributed by atoms with Crippen molar-refractivity contribution in [3.05, 3.63) is 74.2 Å². The van der Waals surface area contributed by atoms with Crippen LogP contribution in [0.2, 0.25) is 0 Å². The predicted molar refractivity (Wildman–Crippen MR) is 117 cm³/mol. The summed E-state index contributed by atoms with van der Waals surface area (Å²) in [6.07, 6.45) is -1.46. The topological polar surface area (TPSA) is 215 Å². The van der Waals surface area contributed by atoms with Gasteiger partial charge in [-0.3, -0.25) is 19.7 Å². The van der Waals surface area contributed by atoms with Gasteiger partial charge in [-0.2, -0.15) is 0 Å². The molecule has 13 heteroatoms. The number of rotatable bonds is 6. The number of hydrogen-bond acceptors (Lipinski definition) is 8. The Labute approximate surface area is 179 Å². The maximum atomic E-state index is 12.7. The lowest BCUT2D eigenvalue weighted by Gasteiger charge is -2.14. The van der Waals surface area contributed by atoms with Gasteiger partial charge in [0, 0.05) is 24.7 Å². The molecule has 2 aromatic carbocycles. The first-order chi connectivity index (χ1) is 15.2. The Balaban J connectivity index is 2.09. The van der Waals surface area contributed by atoms with Crippen molar-refractivity contribution in [1.29, 1.82) is 0 Å². The Morgan fingerprint density at radius 2 is 1.91 bits per heavy atom. The molecule has 3 aromatic rings. The van der Waals surface area contributed by atoms with Gasteiger partial charge >= 0.3 is 0 Å². The van der Waals surface area contributed by atoms with Gasteiger partial charge < -0.3 is 26.9 Å². The molecule has 1 amide bonds. The highest BCUT2D eigenvalue weighted by Gasteiger charge is 2.23. The molecule has 164 valence electrons. The zero-order valence-corrected chi connectivity index (χ0v) is 16.6. The summed E-state index contributed by atoms with van der Waals surface area (Å²) in [5.41, 5.74) is 10.3. The number of aliphatic hydroxyl groups excluding tert-OH is 1. The predicted octanol–water partition coefficient (Wildman–Crippen LogP) is 0.501. The number of nitrogens with two attached hydrogens (primary N) is 2. The summed E-state index contributed by atoms with van der Waals surface area (Å²) in [6, 6.07) is 9.86. The van der Waals surface area contributed by atoms with E-state index in [1.807, 2.05) is 0 Å². The molecule has 1 heterocycles. The van der Waals surface area contributed by atoms with E-state index in [-0.39, 0.29) is 34.0 Å². The van der Waals surface area contributed by atoms with Crippen molar-refractivity contribution in [3.8, 4) is 0 Å². The summed E-state index contributed by atoms with van der Waals surface area (Å²) in [7, 11) is 0. The average molecular weight is 438 g/mol. The number of nitro benzene ring substituents is 1. The minimum absolute atomic E-state index is 0.128. The molecular weight excluding hydrogens is 420 g/mol. The van der Waals surface area contributed by atoms with Crippen LogP contribution >= 0.6 is 0 Å². The average Bonchev–Trinajstić information content (AvgIpc) is 2.73. The minimum atomic E-state index is -1.46. The fraction of sp³-hybridized carbons (Fsp3) is 0.105. The summed E-state index contributed by atoms with van der Waals surface area (Å²) in [6.45, 7) is 1.36. The summed E-state index contributed by atoms with van der Waals surface area (Å²) in [5, 5.41) is 31.8. The van der Waals surface area contributed by atoms with Gasteiger partial charge in [-0.25, -0.2) is 4.98 Å². The molecule has 0 spiro atoms.